The van der Waals surface area contributed by atoms with Crippen molar-refractivity contribution in [2.45, 2.75) is 38.6 Å². The van der Waals surface area contributed by atoms with Gasteiger partial charge in [0.2, 0.25) is 5.91 Å². The van der Waals surface area contributed by atoms with Gasteiger partial charge in [-0.2, -0.15) is 0 Å². The van der Waals surface area contributed by atoms with Crippen LogP contribution in [-0.2, 0) is 4.79 Å². The first-order valence-electron chi connectivity index (χ1n) is 8.36. The number of carbonyl (C=O) groups is 1. The fraction of sp³-hybridized carbons (Fsp3) is 0.611. The Morgan fingerprint density at radius 1 is 1.26 bits per heavy atom. The second-order valence-electron chi connectivity index (χ2n) is 6.14. The summed E-state index contributed by atoms with van der Waals surface area (Å²) in [4.78, 5) is 12.2. The van der Waals surface area contributed by atoms with Crippen molar-refractivity contribution in [3.05, 3.63) is 23.8 Å². The van der Waals surface area contributed by atoms with E-state index in [-0.39, 0.29) is 11.9 Å². The van der Waals surface area contributed by atoms with Crippen LogP contribution < -0.4 is 20.1 Å². The van der Waals surface area contributed by atoms with E-state index in [0.29, 0.717) is 23.8 Å². The molecular formula is C18H28N2O3. The molecule has 5 heteroatoms. The summed E-state index contributed by atoms with van der Waals surface area (Å²) in [6, 6.07) is 5.69. The molecule has 0 bridgehead atoms. The molecule has 1 aliphatic rings. The van der Waals surface area contributed by atoms with Crippen molar-refractivity contribution < 1.29 is 14.3 Å². The van der Waals surface area contributed by atoms with E-state index in [0.717, 1.165) is 25.1 Å². The van der Waals surface area contributed by atoms with Gasteiger partial charge >= 0.3 is 0 Å². The zero-order valence-corrected chi connectivity index (χ0v) is 14.4. The van der Waals surface area contributed by atoms with Gasteiger partial charge in [-0.05, 0) is 62.9 Å². The van der Waals surface area contributed by atoms with E-state index >= 15 is 0 Å². The third kappa shape index (κ3) is 5.13. The molecule has 0 aliphatic carbocycles. The Labute approximate surface area is 138 Å². The van der Waals surface area contributed by atoms with Crippen LogP contribution in [0.15, 0.2) is 18.2 Å². The molecule has 1 aliphatic heterocycles. The zero-order valence-electron chi connectivity index (χ0n) is 14.4. The SMILES string of the molecule is COc1ccc(C(C)NC(=O)CCC2CCNCC2)cc1OC. The number of nitrogens with one attached hydrogen (secondary N) is 2. The Morgan fingerprint density at radius 3 is 2.61 bits per heavy atom. The molecule has 23 heavy (non-hydrogen) atoms. The zero-order chi connectivity index (χ0) is 16.7. The van der Waals surface area contributed by atoms with Gasteiger partial charge in [0.15, 0.2) is 11.5 Å². The Balaban J connectivity index is 1.85. The van der Waals surface area contributed by atoms with Gasteiger partial charge in [0.1, 0.15) is 0 Å². The minimum absolute atomic E-state index is 0.0460. The van der Waals surface area contributed by atoms with E-state index in [2.05, 4.69) is 10.6 Å². The predicted octanol–water partition coefficient (Wildman–Crippen LogP) is 2.66. The molecule has 1 aromatic carbocycles. The number of hydrogen-bond donors (Lipinski definition) is 2. The molecule has 1 fully saturated rings. The minimum Gasteiger partial charge on any atom is -0.493 e. The molecule has 1 unspecified atom stereocenters. The van der Waals surface area contributed by atoms with Crippen molar-refractivity contribution >= 4 is 5.91 Å². The lowest BCUT2D eigenvalue weighted by Crippen LogP contribution is -2.30. The normalized spacial score (nSPS) is 16.7. The van der Waals surface area contributed by atoms with Crippen LogP contribution in [0.1, 0.15) is 44.2 Å². The van der Waals surface area contributed by atoms with Gasteiger partial charge in [-0.25, -0.2) is 0 Å². The van der Waals surface area contributed by atoms with Crippen molar-refractivity contribution in [1.29, 1.82) is 0 Å². The molecule has 1 amide bonds. The molecule has 1 saturated heterocycles. The van der Waals surface area contributed by atoms with E-state index < -0.39 is 0 Å². The topological polar surface area (TPSA) is 59.6 Å². The quantitative estimate of drug-likeness (QED) is 0.811. The van der Waals surface area contributed by atoms with Crippen molar-refractivity contribution in [1.82, 2.24) is 10.6 Å². The molecule has 2 N–H and O–H groups in total. The van der Waals surface area contributed by atoms with Gasteiger partial charge in [-0.3, -0.25) is 4.79 Å². The van der Waals surface area contributed by atoms with Crippen molar-refractivity contribution in [2.75, 3.05) is 27.3 Å². The first-order chi connectivity index (χ1) is 11.1. The third-order valence-electron chi connectivity index (χ3n) is 4.52. The molecular weight excluding hydrogens is 292 g/mol. The Morgan fingerprint density at radius 2 is 1.96 bits per heavy atom. The van der Waals surface area contributed by atoms with Gasteiger partial charge < -0.3 is 20.1 Å². The molecule has 0 radical (unpaired) electrons. The molecule has 0 spiro atoms. The number of piperidine rings is 1. The van der Waals surface area contributed by atoms with Crippen LogP contribution in [0.2, 0.25) is 0 Å². The van der Waals surface area contributed by atoms with Crippen LogP contribution in [-0.4, -0.2) is 33.2 Å². The Bertz CT molecular complexity index is 513. The Hall–Kier alpha value is -1.75. The Kier molecular flexibility index (Phi) is 6.71. The highest BCUT2D eigenvalue weighted by atomic mass is 16.5. The standard InChI is InChI=1S/C18H28N2O3/c1-13(15-5-6-16(22-2)17(12-15)23-3)20-18(21)7-4-14-8-10-19-11-9-14/h5-6,12-14,19H,4,7-11H2,1-3H3,(H,20,21). The van der Waals surface area contributed by atoms with Gasteiger partial charge in [-0.15, -0.1) is 0 Å². The molecule has 1 heterocycles. The second-order valence-corrected chi connectivity index (χ2v) is 6.14. The minimum atomic E-state index is -0.0460. The average molecular weight is 320 g/mol. The van der Waals surface area contributed by atoms with Crippen LogP contribution in [0.25, 0.3) is 0 Å². The predicted molar refractivity (Wildman–Crippen MR) is 90.9 cm³/mol. The monoisotopic (exact) mass is 320 g/mol. The number of rotatable bonds is 7. The number of hydrogen-bond acceptors (Lipinski definition) is 4. The van der Waals surface area contributed by atoms with E-state index in [1.807, 2.05) is 25.1 Å². The van der Waals surface area contributed by atoms with Crippen LogP contribution in [0.4, 0.5) is 0 Å². The molecule has 2 rings (SSSR count). The van der Waals surface area contributed by atoms with Crippen molar-refractivity contribution in [2.24, 2.45) is 5.92 Å². The fourth-order valence-corrected chi connectivity index (χ4v) is 3.02. The number of methoxy groups -OCH3 is 2. The van der Waals surface area contributed by atoms with Gasteiger partial charge in [-0.1, -0.05) is 6.07 Å². The van der Waals surface area contributed by atoms with Crippen LogP contribution in [0, 0.1) is 5.92 Å². The lowest BCUT2D eigenvalue weighted by molar-refractivity contribution is -0.122. The number of amides is 1. The highest BCUT2D eigenvalue weighted by molar-refractivity contribution is 5.76. The highest BCUT2D eigenvalue weighted by Gasteiger charge is 2.16. The lowest BCUT2D eigenvalue weighted by Gasteiger charge is -2.22. The smallest absolute Gasteiger partial charge is 0.220 e. The number of ether oxygens (including phenoxy) is 2. The summed E-state index contributed by atoms with van der Waals surface area (Å²) in [5.41, 5.74) is 1.01. The maximum atomic E-state index is 12.2. The second kappa shape index (κ2) is 8.77. The fourth-order valence-electron chi connectivity index (χ4n) is 3.02. The summed E-state index contributed by atoms with van der Waals surface area (Å²) in [6.45, 7) is 4.15. The highest BCUT2D eigenvalue weighted by Crippen LogP contribution is 2.30. The summed E-state index contributed by atoms with van der Waals surface area (Å²) in [6.07, 6.45) is 3.94. The molecule has 1 atom stereocenters. The van der Waals surface area contributed by atoms with Crippen molar-refractivity contribution in [3.63, 3.8) is 0 Å². The summed E-state index contributed by atoms with van der Waals surface area (Å²) >= 11 is 0. The molecule has 0 saturated carbocycles. The van der Waals surface area contributed by atoms with E-state index in [4.69, 9.17) is 9.47 Å². The molecule has 1 aromatic rings. The number of carbonyl (C=O) groups excluding carboxylic acids is 1. The van der Waals surface area contributed by atoms with E-state index in [1.54, 1.807) is 14.2 Å². The number of benzene rings is 1. The van der Waals surface area contributed by atoms with E-state index in [9.17, 15) is 4.79 Å². The van der Waals surface area contributed by atoms with Gasteiger partial charge in [0.25, 0.3) is 0 Å². The average Bonchev–Trinajstić information content (AvgIpc) is 2.60. The van der Waals surface area contributed by atoms with E-state index in [1.165, 1.54) is 12.8 Å². The third-order valence-corrected chi connectivity index (χ3v) is 4.52. The summed E-state index contributed by atoms with van der Waals surface area (Å²) < 4.78 is 10.6. The van der Waals surface area contributed by atoms with Crippen LogP contribution in [0.5, 0.6) is 11.5 Å². The van der Waals surface area contributed by atoms with Crippen molar-refractivity contribution in [3.8, 4) is 11.5 Å². The largest absolute Gasteiger partial charge is 0.493 e. The summed E-state index contributed by atoms with van der Waals surface area (Å²) in [7, 11) is 3.23. The molecule has 0 aromatic heterocycles. The van der Waals surface area contributed by atoms with Gasteiger partial charge in [0, 0.05) is 6.42 Å². The summed E-state index contributed by atoms with van der Waals surface area (Å²) in [5.74, 6) is 2.17. The lowest BCUT2D eigenvalue weighted by atomic mass is 9.93. The first kappa shape index (κ1) is 17.6. The first-order valence-corrected chi connectivity index (χ1v) is 8.36. The summed E-state index contributed by atoms with van der Waals surface area (Å²) in [5, 5.41) is 6.43. The van der Waals surface area contributed by atoms with Crippen LogP contribution >= 0.6 is 0 Å². The molecule has 128 valence electrons. The van der Waals surface area contributed by atoms with Gasteiger partial charge in [0.05, 0.1) is 20.3 Å². The van der Waals surface area contributed by atoms with Crippen LogP contribution in [0.3, 0.4) is 0 Å². The molecule has 5 nitrogen and oxygen atoms in total. The maximum Gasteiger partial charge on any atom is 0.220 e. The maximum absolute atomic E-state index is 12.2.